The number of nitrogens with zero attached hydrogens (tertiary/aromatic N) is 1. The third-order valence-corrected chi connectivity index (χ3v) is 5.39. The van der Waals surface area contributed by atoms with Crippen molar-refractivity contribution in [2.45, 2.75) is 11.8 Å². The van der Waals surface area contributed by atoms with E-state index in [-0.39, 0.29) is 23.7 Å². The lowest BCUT2D eigenvalue weighted by atomic mass is 10.1. The molecule has 0 bridgehead atoms. The summed E-state index contributed by atoms with van der Waals surface area (Å²) in [7, 11) is 0. The highest BCUT2D eigenvalue weighted by Crippen LogP contribution is 2.25. The summed E-state index contributed by atoms with van der Waals surface area (Å²) in [6.45, 7) is 1.12. The second kappa shape index (κ2) is 9.67. The zero-order valence-electron chi connectivity index (χ0n) is 14.6. The molecule has 0 saturated heterocycles. The summed E-state index contributed by atoms with van der Waals surface area (Å²) in [6.07, 6.45) is 2.59. The number of hydrogen-bond acceptors (Lipinski definition) is 4. The number of nitrogens with one attached hydrogen (secondary N) is 1. The van der Waals surface area contributed by atoms with Crippen molar-refractivity contribution in [2.24, 2.45) is 0 Å². The molecule has 1 aliphatic heterocycles. The van der Waals surface area contributed by atoms with Gasteiger partial charge in [0, 0.05) is 24.3 Å². The summed E-state index contributed by atoms with van der Waals surface area (Å²) in [5.74, 6) is 0.224. The van der Waals surface area contributed by atoms with E-state index in [9.17, 15) is 9.18 Å². The molecule has 3 rings (SSSR count). The Morgan fingerprint density at radius 2 is 2.00 bits per heavy atom. The molecular formula is C20H20ClFN2O2S. The zero-order chi connectivity index (χ0) is 19.1. The maximum Gasteiger partial charge on any atom is 0.258 e. The van der Waals surface area contributed by atoms with E-state index >= 15 is 0 Å². The van der Waals surface area contributed by atoms with Gasteiger partial charge in [-0.15, -0.1) is 11.8 Å². The molecule has 1 heterocycles. The van der Waals surface area contributed by atoms with Crippen molar-refractivity contribution in [3.8, 4) is 5.75 Å². The molecule has 27 heavy (non-hydrogen) atoms. The largest absolute Gasteiger partial charge is 0.484 e. The highest BCUT2D eigenvalue weighted by molar-refractivity contribution is 8.02. The van der Waals surface area contributed by atoms with Gasteiger partial charge in [0.05, 0.1) is 5.37 Å². The van der Waals surface area contributed by atoms with Gasteiger partial charge in [-0.05, 0) is 47.7 Å². The SMILES string of the molecule is O=C(COc1ccc(Cl)cc1)NCC1SC=CN1CCc1ccccc1F. The summed E-state index contributed by atoms with van der Waals surface area (Å²) >= 11 is 7.44. The predicted molar refractivity (Wildman–Crippen MR) is 107 cm³/mol. The van der Waals surface area contributed by atoms with E-state index < -0.39 is 0 Å². The maximum absolute atomic E-state index is 13.7. The minimum absolute atomic E-state index is 0.0539. The Balaban J connectivity index is 1.41. The van der Waals surface area contributed by atoms with Gasteiger partial charge < -0.3 is 15.0 Å². The standard InChI is InChI=1S/C20H20ClFN2O2S/c21-16-5-7-17(8-6-16)26-14-19(25)23-13-20-24(11-12-27-20)10-9-15-3-1-2-4-18(15)22/h1-8,11-12,20H,9-10,13-14H2,(H,23,25). The lowest BCUT2D eigenvalue weighted by Gasteiger charge is -2.25. The molecule has 0 fully saturated rings. The number of benzene rings is 2. The Kier molecular flexibility index (Phi) is 7.01. The first-order chi connectivity index (χ1) is 13.1. The monoisotopic (exact) mass is 406 g/mol. The van der Waals surface area contributed by atoms with E-state index in [1.807, 2.05) is 17.7 Å². The third-order valence-electron chi connectivity index (χ3n) is 4.11. The van der Waals surface area contributed by atoms with Crippen LogP contribution in [0.15, 0.2) is 60.1 Å². The van der Waals surface area contributed by atoms with E-state index in [2.05, 4.69) is 10.2 Å². The topological polar surface area (TPSA) is 41.6 Å². The molecule has 142 valence electrons. The number of rotatable bonds is 8. The van der Waals surface area contributed by atoms with Crippen LogP contribution in [0.2, 0.25) is 5.02 Å². The van der Waals surface area contributed by atoms with Gasteiger partial charge in [0.1, 0.15) is 11.6 Å². The van der Waals surface area contributed by atoms with Crippen molar-refractivity contribution in [1.82, 2.24) is 10.2 Å². The first kappa shape index (κ1) is 19.6. The fourth-order valence-electron chi connectivity index (χ4n) is 2.64. The number of carbonyl (C=O) groups is 1. The fraction of sp³-hybridized carbons (Fsp3) is 0.250. The number of hydrogen-bond donors (Lipinski definition) is 1. The average Bonchev–Trinajstić information content (AvgIpc) is 3.13. The van der Waals surface area contributed by atoms with Crippen LogP contribution in [0.3, 0.4) is 0 Å². The van der Waals surface area contributed by atoms with Gasteiger partial charge in [-0.1, -0.05) is 29.8 Å². The molecule has 2 aromatic rings. The highest BCUT2D eigenvalue weighted by atomic mass is 35.5. The fourth-order valence-corrected chi connectivity index (χ4v) is 3.69. The molecule has 1 unspecified atom stereocenters. The van der Waals surface area contributed by atoms with Gasteiger partial charge in [-0.25, -0.2) is 4.39 Å². The van der Waals surface area contributed by atoms with Crippen molar-refractivity contribution in [3.05, 3.63) is 76.5 Å². The van der Waals surface area contributed by atoms with Gasteiger partial charge in [0.15, 0.2) is 6.61 Å². The van der Waals surface area contributed by atoms with Gasteiger partial charge in [0.2, 0.25) is 0 Å². The van der Waals surface area contributed by atoms with Crippen LogP contribution in [-0.4, -0.2) is 35.9 Å². The highest BCUT2D eigenvalue weighted by Gasteiger charge is 2.20. The molecule has 1 atom stereocenters. The summed E-state index contributed by atoms with van der Waals surface area (Å²) < 4.78 is 19.2. The van der Waals surface area contributed by atoms with Crippen LogP contribution < -0.4 is 10.1 Å². The first-order valence-corrected chi connectivity index (χ1v) is 9.90. The molecule has 2 aromatic carbocycles. The second-order valence-electron chi connectivity index (χ2n) is 6.00. The van der Waals surface area contributed by atoms with Crippen molar-refractivity contribution < 1.29 is 13.9 Å². The molecule has 1 aliphatic rings. The summed E-state index contributed by atoms with van der Waals surface area (Å²) in [6, 6.07) is 13.7. The summed E-state index contributed by atoms with van der Waals surface area (Å²) in [5, 5.41) is 5.58. The van der Waals surface area contributed by atoms with Gasteiger partial charge >= 0.3 is 0 Å². The number of amides is 1. The molecule has 0 radical (unpaired) electrons. The molecule has 1 amide bonds. The smallest absolute Gasteiger partial charge is 0.258 e. The van der Waals surface area contributed by atoms with E-state index in [4.69, 9.17) is 16.3 Å². The molecule has 1 N–H and O–H groups in total. The molecule has 4 nitrogen and oxygen atoms in total. The normalized spacial score (nSPS) is 15.8. The predicted octanol–water partition coefficient (Wildman–Crippen LogP) is 4.06. The lowest BCUT2D eigenvalue weighted by Crippen LogP contribution is -2.40. The molecular weight excluding hydrogens is 387 g/mol. The Hall–Kier alpha value is -2.18. The molecule has 0 spiro atoms. The van der Waals surface area contributed by atoms with Crippen LogP contribution in [0, 0.1) is 5.82 Å². The van der Waals surface area contributed by atoms with Crippen LogP contribution >= 0.6 is 23.4 Å². The van der Waals surface area contributed by atoms with Gasteiger partial charge in [-0.2, -0.15) is 0 Å². The van der Waals surface area contributed by atoms with E-state index in [0.717, 1.165) is 0 Å². The number of halogens is 2. The molecule has 0 aliphatic carbocycles. The number of carbonyl (C=O) groups excluding carboxylic acids is 1. The minimum Gasteiger partial charge on any atom is -0.484 e. The maximum atomic E-state index is 13.7. The average molecular weight is 407 g/mol. The van der Waals surface area contributed by atoms with Crippen LogP contribution in [0.1, 0.15) is 5.56 Å². The Labute approximate surface area is 167 Å². The minimum atomic E-state index is -0.188. The Morgan fingerprint density at radius 3 is 2.78 bits per heavy atom. The first-order valence-electron chi connectivity index (χ1n) is 8.58. The van der Waals surface area contributed by atoms with Crippen molar-refractivity contribution in [1.29, 1.82) is 0 Å². The van der Waals surface area contributed by atoms with Crippen molar-refractivity contribution in [3.63, 3.8) is 0 Å². The van der Waals surface area contributed by atoms with Crippen LogP contribution in [0.5, 0.6) is 5.75 Å². The summed E-state index contributed by atoms with van der Waals surface area (Å²) in [5.41, 5.74) is 0.696. The van der Waals surface area contributed by atoms with Crippen LogP contribution in [0.25, 0.3) is 0 Å². The molecule has 7 heteroatoms. The van der Waals surface area contributed by atoms with Crippen LogP contribution in [0.4, 0.5) is 4.39 Å². The Bertz CT molecular complexity index is 801. The third kappa shape index (κ3) is 5.91. The van der Waals surface area contributed by atoms with Gasteiger partial charge in [-0.3, -0.25) is 4.79 Å². The zero-order valence-corrected chi connectivity index (χ0v) is 16.2. The van der Waals surface area contributed by atoms with E-state index in [1.54, 1.807) is 48.2 Å². The van der Waals surface area contributed by atoms with Gasteiger partial charge in [0.25, 0.3) is 5.91 Å². The number of ether oxygens (including phenoxy) is 1. The molecule has 0 saturated carbocycles. The van der Waals surface area contributed by atoms with Crippen molar-refractivity contribution in [2.75, 3.05) is 19.7 Å². The van der Waals surface area contributed by atoms with E-state index in [1.165, 1.54) is 6.07 Å². The number of thioether (sulfide) groups is 1. The second-order valence-corrected chi connectivity index (χ2v) is 7.53. The lowest BCUT2D eigenvalue weighted by molar-refractivity contribution is -0.123. The summed E-state index contributed by atoms with van der Waals surface area (Å²) in [4.78, 5) is 14.1. The Morgan fingerprint density at radius 1 is 1.22 bits per heavy atom. The van der Waals surface area contributed by atoms with Crippen molar-refractivity contribution >= 4 is 29.3 Å². The van der Waals surface area contributed by atoms with Crippen LogP contribution in [-0.2, 0) is 11.2 Å². The van der Waals surface area contributed by atoms with E-state index in [0.29, 0.717) is 35.8 Å². The quantitative estimate of drug-likeness (QED) is 0.717. The molecule has 0 aromatic heterocycles.